The Morgan fingerprint density at radius 1 is 1.15 bits per heavy atom. The van der Waals surface area contributed by atoms with Crippen molar-refractivity contribution >= 4 is 5.91 Å². The fraction of sp³-hybridized carbons (Fsp3) is 0.381. The summed E-state index contributed by atoms with van der Waals surface area (Å²) in [5.74, 6) is 0.00478. The van der Waals surface area contributed by atoms with Crippen molar-refractivity contribution in [1.82, 2.24) is 10.6 Å². The summed E-state index contributed by atoms with van der Waals surface area (Å²) in [6.07, 6.45) is 0.405. The van der Waals surface area contributed by atoms with Gasteiger partial charge < -0.3 is 20.1 Å². The summed E-state index contributed by atoms with van der Waals surface area (Å²) in [7, 11) is 0. The largest absolute Gasteiger partial charge is 0.378 e. The van der Waals surface area contributed by atoms with Gasteiger partial charge in [0, 0.05) is 19.0 Å². The minimum atomic E-state index is -0.170. The highest BCUT2D eigenvalue weighted by molar-refractivity contribution is 5.77. The van der Waals surface area contributed by atoms with Crippen LogP contribution in [0.1, 0.15) is 23.6 Å². The molecule has 0 bridgehead atoms. The molecule has 2 atom stereocenters. The van der Waals surface area contributed by atoms with E-state index in [1.165, 1.54) is 0 Å². The van der Waals surface area contributed by atoms with Crippen molar-refractivity contribution < 1.29 is 14.3 Å². The molecule has 0 aliphatic carbocycles. The first-order valence-corrected chi connectivity index (χ1v) is 9.08. The van der Waals surface area contributed by atoms with Gasteiger partial charge in [0.25, 0.3) is 0 Å². The van der Waals surface area contributed by atoms with Gasteiger partial charge >= 0.3 is 0 Å². The maximum Gasteiger partial charge on any atom is 0.222 e. The van der Waals surface area contributed by atoms with E-state index >= 15 is 0 Å². The van der Waals surface area contributed by atoms with Crippen LogP contribution in [0.15, 0.2) is 60.7 Å². The Balaban J connectivity index is 1.55. The van der Waals surface area contributed by atoms with Crippen molar-refractivity contribution in [3.8, 4) is 0 Å². The number of carbonyl (C=O) groups excluding carboxylic acids is 1. The highest BCUT2D eigenvalue weighted by Gasteiger charge is 2.20. The molecule has 26 heavy (non-hydrogen) atoms. The van der Waals surface area contributed by atoms with Gasteiger partial charge in [-0.25, -0.2) is 0 Å². The van der Waals surface area contributed by atoms with E-state index < -0.39 is 0 Å². The molecule has 2 aromatic carbocycles. The van der Waals surface area contributed by atoms with Gasteiger partial charge in [0.05, 0.1) is 32.5 Å². The van der Waals surface area contributed by atoms with Gasteiger partial charge in [0.2, 0.25) is 5.91 Å². The minimum Gasteiger partial charge on any atom is -0.378 e. The molecule has 1 aliphatic heterocycles. The topological polar surface area (TPSA) is 59.6 Å². The van der Waals surface area contributed by atoms with Crippen LogP contribution < -0.4 is 10.6 Å². The van der Waals surface area contributed by atoms with Gasteiger partial charge in [-0.1, -0.05) is 60.7 Å². The zero-order valence-electron chi connectivity index (χ0n) is 14.9. The first-order chi connectivity index (χ1) is 12.8. The molecule has 1 heterocycles. The standard InChI is InChI=1S/C21H26N2O3/c24-21(13-19-15-25-12-11-22-19)23-20(18-9-5-2-6-10-18)16-26-14-17-7-3-1-4-8-17/h1-10,19-20,22H,11-16H2,(H,23,24). The molecular weight excluding hydrogens is 328 g/mol. The van der Waals surface area contributed by atoms with E-state index in [9.17, 15) is 4.79 Å². The predicted octanol–water partition coefficient (Wildman–Crippen LogP) is 2.44. The van der Waals surface area contributed by atoms with E-state index in [1.807, 2.05) is 60.7 Å². The van der Waals surface area contributed by atoms with E-state index in [-0.39, 0.29) is 18.0 Å². The molecule has 0 saturated carbocycles. The van der Waals surface area contributed by atoms with Crippen LogP contribution in [0, 0.1) is 0 Å². The lowest BCUT2D eigenvalue weighted by molar-refractivity contribution is -0.123. The lowest BCUT2D eigenvalue weighted by atomic mass is 10.1. The Hall–Kier alpha value is -2.21. The third-order valence-electron chi connectivity index (χ3n) is 4.36. The quantitative estimate of drug-likeness (QED) is 0.764. The van der Waals surface area contributed by atoms with Gasteiger partial charge in [-0.15, -0.1) is 0 Å². The van der Waals surface area contributed by atoms with E-state index in [0.29, 0.717) is 32.8 Å². The normalized spacial score (nSPS) is 18.2. The second-order valence-corrected chi connectivity index (χ2v) is 6.46. The SMILES string of the molecule is O=C(CC1COCCN1)NC(COCc1ccccc1)c1ccccc1. The number of hydrogen-bond donors (Lipinski definition) is 2. The lowest BCUT2D eigenvalue weighted by Crippen LogP contribution is -2.45. The van der Waals surface area contributed by atoms with Gasteiger partial charge in [-0.3, -0.25) is 4.79 Å². The zero-order chi connectivity index (χ0) is 18.0. The van der Waals surface area contributed by atoms with E-state index in [4.69, 9.17) is 9.47 Å². The molecule has 5 nitrogen and oxygen atoms in total. The van der Waals surface area contributed by atoms with Crippen molar-refractivity contribution in [2.75, 3.05) is 26.4 Å². The highest BCUT2D eigenvalue weighted by atomic mass is 16.5. The Morgan fingerprint density at radius 3 is 2.58 bits per heavy atom. The van der Waals surface area contributed by atoms with E-state index in [0.717, 1.165) is 17.7 Å². The highest BCUT2D eigenvalue weighted by Crippen LogP contribution is 2.15. The second-order valence-electron chi connectivity index (χ2n) is 6.46. The fourth-order valence-electron chi connectivity index (χ4n) is 3.00. The Morgan fingerprint density at radius 2 is 1.88 bits per heavy atom. The number of nitrogens with one attached hydrogen (secondary N) is 2. The van der Waals surface area contributed by atoms with Crippen LogP contribution in [0.3, 0.4) is 0 Å². The third-order valence-corrected chi connectivity index (χ3v) is 4.36. The average molecular weight is 354 g/mol. The first-order valence-electron chi connectivity index (χ1n) is 9.08. The maximum atomic E-state index is 12.5. The molecule has 0 spiro atoms. The number of hydrogen-bond acceptors (Lipinski definition) is 4. The molecule has 5 heteroatoms. The summed E-state index contributed by atoms with van der Waals surface area (Å²) >= 11 is 0. The Bertz CT molecular complexity index is 657. The van der Waals surface area contributed by atoms with E-state index in [1.54, 1.807) is 0 Å². The number of ether oxygens (including phenoxy) is 2. The first kappa shape index (κ1) is 18.6. The smallest absolute Gasteiger partial charge is 0.222 e. The maximum absolute atomic E-state index is 12.5. The molecule has 2 aromatic rings. The Labute approximate surface area is 154 Å². The van der Waals surface area contributed by atoms with Crippen molar-refractivity contribution in [3.63, 3.8) is 0 Å². The summed E-state index contributed by atoms with van der Waals surface area (Å²) < 4.78 is 11.3. The minimum absolute atomic E-state index is 0.00478. The molecule has 1 aliphatic rings. The predicted molar refractivity (Wildman–Crippen MR) is 101 cm³/mol. The lowest BCUT2D eigenvalue weighted by Gasteiger charge is -2.25. The van der Waals surface area contributed by atoms with Crippen LogP contribution in [0.5, 0.6) is 0 Å². The number of amides is 1. The van der Waals surface area contributed by atoms with Crippen molar-refractivity contribution in [2.24, 2.45) is 0 Å². The van der Waals surface area contributed by atoms with Crippen molar-refractivity contribution in [2.45, 2.75) is 25.1 Å². The summed E-state index contributed by atoms with van der Waals surface area (Å²) in [6, 6.07) is 19.9. The fourth-order valence-corrected chi connectivity index (χ4v) is 3.00. The molecule has 1 amide bonds. The molecule has 1 fully saturated rings. The molecule has 3 rings (SSSR count). The molecule has 0 radical (unpaired) electrons. The molecule has 2 N–H and O–H groups in total. The van der Waals surface area contributed by atoms with Crippen molar-refractivity contribution in [3.05, 3.63) is 71.8 Å². The Kier molecular flexibility index (Phi) is 7.19. The number of morpholine rings is 1. The molecule has 138 valence electrons. The summed E-state index contributed by atoms with van der Waals surface area (Å²) in [6.45, 7) is 3.03. The number of carbonyl (C=O) groups is 1. The third kappa shape index (κ3) is 5.95. The van der Waals surface area contributed by atoms with Crippen LogP contribution in [0.4, 0.5) is 0 Å². The number of rotatable bonds is 8. The summed E-state index contributed by atoms with van der Waals surface area (Å²) in [5, 5.41) is 6.42. The van der Waals surface area contributed by atoms with Crippen molar-refractivity contribution in [1.29, 1.82) is 0 Å². The van der Waals surface area contributed by atoms with Gasteiger partial charge in [0.15, 0.2) is 0 Å². The molecule has 1 saturated heterocycles. The molecule has 0 aromatic heterocycles. The molecule has 2 unspecified atom stereocenters. The van der Waals surface area contributed by atoms with Gasteiger partial charge in [0.1, 0.15) is 0 Å². The average Bonchev–Trinajstić information content (AvgIpc) is 2.69. The van der Waals surface area contributed by atoms with E-state index in [2.05, 4.69) is 10.6 Å². The van der Waals surface area contributed by atoms with Crippen LogP contribution in [-0.4, -0.2) is 38.3 Å². The number of benzene rings is 2. The summed E-state index contributed by atoms with van der Waals surface area (Å²) in [4.78, 5) is 12.5. The van der Waals surface area contributed by atoms with Crippen LogP contribution in [0.25, 0.3) is 0 Å². The second kappa shape index (κ2) is 10.1. The zero-order valence-corrected chi connectivity index (χ0v) is 14.9. The van der Waals surface area contributed by atoms with Crippen LogP contribution in [0.2, 0.25) is 0 Å². The molecular formula is C21H26N2O3. The van der Waals surface area contributed by atoms with Gasteiger partial charge in [-0.2, -0.15) is 0 Å². The monoisotopic (exact) mass is 354 g/mol. The van der Waals surface area contributed by atoms with Gasteiger partial charge in [-0.05, 0) is 11.1 Å². The summed E-state index contributed by atoms with van der Waals surface area (Å²) in [5.41, 5.74) is 2.16. The van der Waals surface area contributed by atoms with Crippen LogP contribution >= 0.6 is 0 Å². The van der Waals surface area contributed by atoms with Crippen LogP contribution in [-0.2, 0) is 20.9 Å².